The van der Waals surface area contributed by atoms with Crippen molar-refractivity contribution in [2.24, 2.45) is 17.8 Å². The lowest BCUT2D eigenvalue weighted by Crippen LogP contribution is -2.37. The molecule has 2 fully saturated rings. The van der Waals surface area contributed by atoms with Gasteiger partial charge in [-0.2, -0.15) is 0 Å². The number of fused-ring (bicyclic) bond motifs is 2. The van der Waals surface area contributed by atoms with E-state index in [1.54, 1.807) is 13.3 Å². The lowest BCUT2D eigenvalue weighted by Gasteiger charge is -2.17. The van der Waals surface area contributed by atoms with Crippen molar-refractivity contribution in [1.82, 2.24) is 10.3 Å². The molecule has 2 heterocycles. The van der Waals surface area contributed by atoms with Gasteiger partial charge >= 0.3 is 0 Å². The van der Waals surface area contributed by atoms with Gasteiger partial charge in [0.2, 0.25) is 11.8 Å². The minimum Gasteiger partial charge on any atom is -0.497 e. The summed E-state index contributed by atoms with van der Waals surface area (Å²) in [5, 5.41) is 4.82. The third kappa shape index (κ3) is 2.46. The first-order chi connectivity index (χ1) is 11.7. The van der Waals surface area contributed by atoms with Crippen molar-refractivity contribution in [2.45, 2.75) is 12.5 Å². The van der Waals surface area contributed by atoms with Crippen LogP contribution in [-0.2, 0) is 4.79 Å². The molecule has 1 amide bonds. The number of benzene rings is 1. The van der Waals surface area contributed by atoms with Crippen LogP contribution in [0.2, 0.25) is 0 Å². The van der Waals surface area contributed by atoms with Gasteiger partial charge in [-0.3, -0.25) is 9.18 Å². The quantitative estimate of drug-likeness (QED) is 0.883. The minimum absolute atomic E-state index is 0.0274. The van der Waals surface area contributed by atoms with Gasteiger partial charge in [-0.25, -0.2) is 4.98 Å². The van der Waals surface area contributed by atoms with Gasteiger partial charge in [-0.05, 0) is 41.8 Å². The van der Waals surface area contributed by atoms with Crippen LogP contribution in [0.5, 0.6) is 11.6 Å². The normalized spacial score (nSPS) is 27.7. The first kappa shape index (κ1) is 15.2. The molecule has 126 valence electrons. The zero-order valence-electron chi connectivity index (χ0n) is 13.4. The average Bonchev–Trinajstić information content (AvgIpc) is 3.21. The van der Waals surface area contributed by atoms with E-state index in [0.717, 1.165) is 16.5 Å². The summed E-state index contributed by atoms with van der Waals surface area (Å²) in [6.07, 6.45) is 2.16. The van der Waals surface area contributed by atoms with Gasteiger partial charge in [0.25, 0.3) is 0 Å². The standard InChI is InChI=1S/C18H19FN2O3/c1-23-11-3-2-10-5-7-20-18(13(10)8-11)24-9-14-15-12(4-6-19)16(15)17(22)21-14/h2-3,5,7-8,12,14-16H,4,6,9H2,1H3,(H,21,22)/t12-,14-,15+,16-/m1/s1. The van der Waals surface area contributed by atoms with Crippen molar-refractivity contribution in [3.05, 3.63) is 30.5 Å². The van der Waals surface area contributed by atoms with Crippen LogP contribution in [0.25, 0.3) is 10.8 Å². The van der Waals surface area contributed by atoms with Crippen LogP contribution in [0.1, 0.15) is 6.42 Å². The molecule has 0 bridgehead atoms. The van der Waals surface area contributed by atoms with Crippen molar-refractivity contribution in [3.8, 4) is 11.6 Å². The maximum Gasteiger partial charge on any atom is 0.224 e. The largest absolute Gasteiger partial charge is 0.497 e. The molecule has 1 saturated carbocycles. The smallest absolute Gasteiger partial charge is 0.224 e. The summed E-state index contributed by atoms with van der Waals surface area (Å²) >= 11 is 0. The molecule has 1 N–H and O–H groups in total. The summed E-state index contributed by atoms with van der Waals surface area (Å²) < 4.78 is 23.7. The van der Waals surface area contributed by atoms with Crippen LogP contribution < -0.4 is 14.8 Å². The van der Waals surface area contributed by atoms with Crippen molar-refractivity contribution in [1.29, 1.82) is 0 Å². The maximum atomic E-state index is 12.6. The van der Waals surface area contributed by atoms with Crippen molar-refractivity contribution >= 4 is 16.7 Å². The van der Waals surface area contributed by atoms with E-state index in [4.69, 9.17) is 9.47 Å². The second-order valence-corrected chi connectivity index (χ2v) is 6.37. The fraction of sp³-hybridized carbons (Fsp3) is 0.444. The van der Waals surface area contributed by atoms with E-state index in [1.165, 1.54) is 0 Å². The molecule has 1 aromatic carbocycles. The number of nitrogens with one attached hydrogen (secondary N) is 1. The molecule has 0 spiro atoms. The molecule has 2 aliphatic rings. The Balaban J connectivity index is 1.50. The number of aromatic nitrogens is 1. The minimum atomic E-state index is -0.372. The topological polar surface area (TPSA) is 60.5 Å². The molecular formula is C18H19FN2O3. The number of carbonyl (C=O) groups is 1. The van der Waals surface area contributed by atoms with Crippen LogP contribution in [0.4, 0.5) is 4.39 Å². The number of carbonyl (C=O) groups excluding carboxylic acids is 1. The highest BCUT2D eigenvalue weighted by Crippen LogP contribution is 2.54. The SMILES string of the molecule is COc1ccc2ccnc(OC[C@H]3NC(=O)[C@@H]4[C@H](CCF)[C@H]43)c2c1. The van der Waals surface area contributed by atoms with Crippen LogP contribution in [0.3, 0.4) is 0 Å². The molecule has 2 aromatic rings. The lowest BCUT2D eigenvalue weighted by atomic mass is 10.1. The number of nitrogens with zero attached hydrogens (tertiary/aromatic N) is 1. The highest BCUT2D eigenvalue weighted by atomic mass is 19.1. The molecule has 24 heavy (non-hydrogen) atoms. The Kier molecular flexibility index (Phi) is 3.75. The van der Waals surface area contributed by atoms with E-state index in [9.17, 15) is 9.18 Å². The predicted octanol–water partition coefficient (Wildman–Crippen LogP) is 2.34. The summed E-state index contributed by atoms with van der Waals surface area (Å²) in [5.74, 6) is 1.61. The fourth-order valence-corrected chi connectivity index (χ4v) is 3.88. The van der Waals surface area contributed by atoms with E-state index < -0.39 is 0 Å². The van der Waals surface area contributed by atoms with Gasteiger partial charge in [0.15, 0.2) is 0 Å². The third-order valence-corrected chi connectivity index (χ3v) is 5.10. The number of methoxy groups -OCH3 is 1. The number of halogens is 1. The van der Waals surface area contributed by atoms with E-state index in [0.29, 0.717) is 18.9 Å². The number of alkyl halides is 1. The van der Waals surface area contributed by atoms with Crippen LogP contribution in [-0.4, -0.2) is 37.3 Å². The van der Waals surface area contributed by atoms with Crippen molar-refractivity contribution < 1.29 is 18.7 Å². The van der Waals surface area contributed by atoms with E-state index >= 15 is 0 Å². The summed E-state index contributed by atoms with van der Waals surface area (Å²) in [6.45, 7) is -0.0256. The molecular weight excluding hydrogens is 311 g/mol. The Hall–Kier alpha value is -2.37. The Morgan fingerprint density at radius 1 is 1.33 bits per heavy atom. The molecule has 0 radical (unpaired) electrons. The van der Waals surface area contributed by atoms with Gasteiger partial charge in [0, 0.05) is 17.5 Å². The van der Waals surface area contributed by atoms with Crippen LogP contribution in [0, 0.1) is 17.8 Å². The molecule has 4 atom stereocenters. The second kappa shape index (κ2) is 5.92. The van der Waals surface area contributed by atoms with Crippen LogP contribution in [0.15, 0.2) is 30.5 Å². The Morgan fingerprint density at radius 2 is 2.21 bits per heavy atom. The number of ether oxygens (including phenoxy) is 2. The molecule has 1 aliphatic heterocycles. The number of hydrogen-bond acceptors (Lipinski definition) is 4. The van der Waals surface area contributed by atoms with Crippen molar-refractivity contribution in [3.63, 3.8) is 0 Å². The third-order valence-electron chi connectivity index (χ3n) is 5.10. The molecule has 1 saturated heterocycles. The van der Waals surface area contributed by atoms with Crippen molar-refractivity contribution in [2.75, 3.05) is 20.4 Å². The van der Waals surface area contributed by atoms with Gasteiger partial charge < -0.3 is 14.8 Å². The van der Waals surface area contributed by atoms with E-state index in [-0.39, 0.29) is 36.4 Å². The first-order valence-corrected chi connectivity index (χ1v) is 8.15. The monoisotopic (exact) mass is 330 g/mol. The number of hydrogen-bond donors (Lipinski definition) is 1. The Bertz CT molecular complexity index is 782. The zero-order valence-corrected chi connectivity index (χ0v) is 13.4. The predicted molar refractivity (Wildman–Crippen MR) is 86.8 cm³/mol. The molecule has 4 rings (SSSR count). The zero-order chi connectivity index (χ0) is 16.7. The van der Waals surface area contributed by atoms with E-state index in [1.807, 2.05) is 24.3 Å². The molecule has 6 heteroatoms. The van der Waals surface area contributed by atoms with Gasteiger partial charge in [0.05, 0.1) is 19.8 Å². The van der Waals surface area contributed by atoms with Gasteiger partial charge in [0.1, 0.15) is 12.4 Å². The summed E-state index contributed by atoms with van der Waals surface area (Å²) in [6, 6.07) is 7.57. The Morgan fingerprint density at radius 3 is 3.00 bits per heavy atom. The summed E-state index contributed by atoms with van der Waals surface area (Å²) in [7, 11) is 1.62. The summed E-state index contributed by atoms with van der Waals surface area (Å²) in [4.78, 5) is 16.2. The number of rotatable bonds is 6. The number of pyridine rings is 1. The number of piperidine rings is 1. The molecule has 5 nitrogen and oxygen atoms in total. The average molecular weight is 330 g/mol. The van der Waals surface area contributed by atoms with Gasteiger partial charge in [-0.15, -0.1) is 0 Å². The Labute approximate surface area is 139 Å². The van der Waals surface area contributed by atoms with E-state index in [2.05, 4.69) is 10.3 Å². The number of amides is 1. The molecule has 0 unspecified atom stereocenters. The maximum absolute atomic E-state index is 12.6. The van der Waals surface area contributed by atoms with Crippen LogP contribution >= 0.6 is 0 Å². The molecule has 1 aromatic heterocycles. The van der Waals surface area contributed by atoms with Gasteiger partial charge in [-0.1, -0.05) is 6.07 Å². The second-order valence-electron chi connectivity index (χ2n) is 6.37. The highest BCUT2D eigenvalue weighted by Gasteiger charge is 2.62. The lowest BCUT2D eigenvalue weighted by molar-refractivity contribution is -0.121. The molecule has 1 aliphatic carbocycles. The summed E-state index contributed by atoms with van der Waals surface area (Å²) in [5.41, 5.74) is 0. The fourth-order valence-electron chi connectivity index (χ4n) is 3.88. The first-order valence-electron chi connectivity index (χ1n) is 8.15. The highest BCUT2D eigenvalue weighted by molar-refractivity contribution is 5.88.